The third-order valence-corrected chi connectivity index (χ3v) is 3.71. The Kier molecular flexibility index (Phi) is 4.59. The van der Waals surface area contributed by atoms with E-state index < -0.39 is 17.2 Å². The van der Waals surface area contributed by atoms with Crippen LogP contribution in [0.4, 0.5) is 0 Å². The van der Waals surface area contributed by atoms with Crippen molar-refractivity contribution in [1.29, 1.82) is 0 Å². The van der Waals surface area contributed by atoms with E-state index in [-0.39, 0.29) is 17.7 Å². The average molecular weight is 296 g/mol. The Labute approximate surface area is 121 Å². The van der Waals surface area contributed by atoms with Crippen LogP contribution in [0.3, 0.4) is 0 Å². The molecule has 1 aliphatic heterocycles. The first-order chi connectivity index (χ1) is 9.92. The molecule has 1 fully saturated rings. The zero-order chi connectivity index (χ0) is 15.6. The molecule has 1 aromatic heterocycles. The fraction of sp³-hybridized carbons (Fsp3) is 0.615. The average Bonchev–Trinajstić information content (AvgIpc) is 2.81. The molecule has 0 saturated carbocycles. The highest BCUT2D eigenvalue weighted by molar-refractivity contribution is 5.93. The minimum Gasteiger partial charge on any atom is -0.378 e. The lowest BCUT2D eigenvalue weighted by atomic mass is 10.2. The zero-order valence-corrected chi connectivity index (χ0v) is 12.3. The maximum atomic E-state index is 12.1. The minimum absolute atomic E-state index is 0.118. The van der Waals surface area contributed by atoms with Crippen LogP contribution in [0.15, 0.2) is 15.8 Å². The third kappa shape index (κ3) is 3.40. The maximum Gasteiger partial charge on any atom is 0.325 e. The lowest BCUT2D eigenvalue weighted by Gasteiger charge is -2.19. The van der Waals surface area contributed by atoms with Gasteiger partial charge in [-0.25, -0.2) is 4.79 Å². The van der Waals surface area contributed by atoms with E-state index in [4.69, 9.17) is 4.74 Å². The van der Waals surface area contributed by atoms with Crippen LogP contribution < -0.4 is 16.6 Å². The van der Waals surface area contributed by atoms with Gasteiger partial charge < -0.3 is 15.0 Å². The summed E-state index contributed by atoms with van der Waals surface area (Å²) in [5.74, 6) is -0.523. The van der Waals surface area contributed by atoms with E-state index in [1.165, 1.54) is 0 Å². The van der Waals surface area contributed by atoms with Crippen molar-refractivity contribution >= 4 is 5.91 Å². The molecule has 0 radical (unpaired) electrons. The molecule has 2 rings (SSSR count). The number of nitrogens with zero attached hydrogens (tertiary/aromatic N) is 1. The number of aromatic amines is 2. The summed E-state index contributed by atoms with van der Waals surface area (Å²) < 4.78 is 5.39. The molecule has 0 aliphatic carbocycles. The number of H-pyrrole nitrogens is 2. The van der Waals surface area contributed by atoms with Crippen LogP contribution in [-0.2, 0) is 4.74 Å². The van der Waals surface area contributed by atoms with Crippen molar-refractivity contribution in [2.75, 3.05) is 20.2 Å². The van der Waals surface area contributed by atoms with E-state index in [0.717, 1.165) is 12.7 Å². The van der Waals surface area contributed by atoms with Crippen molar-refractivity contribution in [2.24, 2.45) is 0 Å². The number of ether oxygens (including phenoxy) is 1. The van der Waals surface area contributed by atoms with Crippen LogP contribution >= 0.6 is 0 Å². The molecule has 1 amide bonds. The molecule has 8 nitrogen and oxygen atoms in total. The molecule has 0 aromatic carbocycles. The second-order valence-electron chi connectivity index (χ2n) is 5.39. The molecular formula is C13H20N4O4. The van der Waals surface area contributed by atoms with Gasteiger partial charge in [0.05, 0.1) is 12.1 Å². The van der Waals surface area contributed by atoms with Crippen molar-refractivity contribution in [1.82, 2.24) is 20.2 Å². The second kappa shape index (κ2) is 6.23. The smallest absolute Gasteiger partial charge is 0.325 e. The van der Waals surface area contributed by atoms with Crippen LogP contribution in [-0.4, -0.2) is 59.2 Å². The molecule has 1 aromatic rings. The number of carbonyl (C=O) groups is 1. The predicted octanol–water partition coefficient (Wildman–Crippen LogP) is -1.10. The Hall–Kier alpha value is -1.93. The van der Waals surface area contributed by atoms with Crippen LogP contribution in [0.1, 0.15) is 24.2 Å². The van der Waals surface area contributed by atoms with E-state index >= 15 is 0 Å². The van der Waals surface area contributed by atoms with Gasteiger partial charge in [-0.2, -0.15) is 0 Å². The number of rotatable bonds is 4. The van der Waals surface area contributed by atoms with E-state index in [2.05, 4.69) is 29.0 Å². The van der Waals surface area contributed by atoms with Gasteiger partial charge in [-0.15, -0.1) is 0 Å². The van der Waals surface area contributed by atoms with Crippen LogP contribution in [0, 0.1) is 0 Å². The Morgan fingerprint density at radius 1 is 1.43 bits per heavy atom. The molecule has 3 N–H and O–H groups in total. The van der Waals surface area contributed by atoms with Crippen LogP contribution in [0.2, 0.25) is 0 Å². The largest absolute Gasteiger partial charge is 0.378 e. The van der Waals surface area contributed by atoms with E-state index in [9.17, 15) is 14.4 Å². The Bertz CT molecular complexity index is 621. The van der Waals surface area contributed by atoms with E-state index in [1.54, 1.807) is 7.11 Å². The summed E-state index contributed by atoms with van der Waals surface area (Å²) in [6, 6.07) is 0.150. The molecule has 0 spiro atoms. The van der Waals surface area contributed by atoms with Crippen LogP contribution in [0.5, 0.6) is 0 Å². The molecule has 116 valence electrons. The highest BCUT2D eigenvalue weighted by atomic mass is 16.5. The number of amides is 1. The first kappa shape index (κ1) is 15.5. The molecule has 1 aliphatic rings. The second-order valence-corrected chi connectivity index (χ2v) is 5.39. The molecule has 2 atom stereocenters. The van der Waals surface area contributed by atoms with Gasteiger partial charge in [0.15, 0.2) is 0 Å². The summed E-state index contributed by atoms with van der Waals surface area (Å²) in [6.45, 7) is 5.53. The number of carbonyl (C=O) groups excluding carboxylic acids is 1. The lowest BCUT2D eigenvalue weighted by Crippen LogP contribution is -2.45. The number of hydrogen-bond donors (Lipinski definition) is 3. The van der Waals surface area contributed by atoms with Crippen molar-refractivity contribution in [3.05, 3.63) is 32.6 Å². The van der Waals surface area contributed by atoms with Gasteiger partial charge in [0, 0.05) is 32.4 Å². The van der Waals surface area contributed by atoms with Gasteiger partial charge in [0.25, 0.3) is 11.5 Å². The van der Waals surface area contributed by atoms with Crippen molar-refractivity contribution < 1.29 is 9.53 Å². The molecule has 21 heavy (non-hydrogen) atoms. The fourth-order valence-corrected chi connectivity index (χ4v) is 2.43. The topological polar surface area (TPSA) is 107 Å². The monoisotopic (exact) mass is 296 g/mol. The van der Waals surface area contributed by atoms with Crippen molar-refractivity contribution in [2.45, 2.75) is 32.0 Å². The number of nitrogens with one attached hydrogen (secondary N) is 3. The Morgan fingerprint density at radius 3 is 2.71 bits per heavy atom. The molecule has 0 bridgehead atoms. The SMILES string of the molecule is CO[C@H]1CN(C(C)C)C[C@@H]1NC(=O)c1c[nH]c(=O)[nH]c1=O. The standard InChI is InChI=1S/C13H20N4O4/c1-7(2)17-5-9(10(6-17)21-3)15-11(18)8-4-14-13(20)16-12(8)19/h4,7,9-10H,5-6H2,1-3H3,(H,15,18)(H2,14,16,19,20)/t9-,10-/m0/s1. The summed E-state index contributed by atoms with van der Waals surface area (Å²) in [6.07, 6.45) is 0.992. The van der Waals surface area contributed by atoms with E-state index in [1.807, 2.05) is 4.98 Å². The minimum atomic E-state index is -0.705. The highest BCUT2D eigenvalue weighted by Crippen LogP contribution is 2.16. The highest BCUT2D eigenvalue weighted by Gasteiger charge is 2.35. The quantitative estimate of drug-likeness (QED) is 0.654. The van der Waals surface area contributed by atoms with Gasteiger partial charge >= 0.3 is 5.69 Å². The van der Waals surface area contributed by atoms with E-state index in [0.29, 0.717) is 12.6 Å². The molecular weight excluding hydrogens is 276 g/mol. The molecule has 1 saturated heterocycles. The first-order valence-electron chi connectivity index (χ1n) is 6.82. The van der Waals surface area contributed by atoms with Crippen molar-refractivity contribution in [3.8, 4) is 0 Å². The lowest BCUT2D eigenvalue weighted by molar-refractivity contribution is 0.0752. The molecule has 8 heteroatoms. The number of aromatic nitrogens is 2. The number of methoxy groups -OCH3 is 1. The Morgan fingerprint density at radius 2 is 2.14 bits per heavy atom. The summed E-state index contributed by atoms with van der Waals surface area (Å²) in [4.78, 5) is 41.2. The maximum absolute atomic E-state index is 12.1. The molecule has 2 heterocycles. The zero-order valence-electron chi connectivity index (χ0n) is 12.3. The number of likely N-dealkylation sites (tertiary alicyclic amines) is 1. The van der Waals surface area contributed by atoms with Gasteiger partial charge in [0.1, 0.15) is 5.56 Å². The first-order valence-corrected chi connectivity index (χ1v) is 6.82. The summed E-state index contributed by atoms with van der Waals surface area (Å²) in [5.41, 5.74) is -1.46. The molecule has 0 unspecified atom stereocenters. The summed E-state index contributed by atoms with van der Waals surface area (Å²) in [5, 5.41) is 2.79. The van der Waals surface area contributed by atoms with Crippen LogP contribution in [0.25, 0.3) is 0 Å². The van der Waals surface area contributed by atoms with Gasteiger partial charge in [-0.3, -0.25) is 19.5 Å². The fourth-order valence-electron chi connectivity index (χ4n) is 2.43. The normalized spacial score (nSPS) is 22.7. The van der Waals surface area contributed by atoms with Gasteiger partial charge in [-0.05, 0) is 13.8 Å². The predicted molar refractivity (Wildman–Crippen MR) is 76.4 cm³/mol. The van der Waals surface area contributed by atoms with Crippen molar-refractivity contribution in [3.63, 3.8) is 0 Å². The third-order valence-electron chi connectivity index (χ3n) is 3.71. The summed E-state index contributed by atoms with van der Waals surface area (Å²) in [7, 11) is 1.60. The number of hydrogen-bond acceptors (Lipinski definition) is 5. The Balaban J connectivity index is 2.11. The van der Waals surface area contributed by atoms with Gasteiger partial charge in [-0.1, -0.05) is 0 Å². The van der Waals surface area contributed by atoms with Gasteiger partial charge in [0.2, 0.25) is 0 Å². The summed E-state index contributed by atoms with van der Waals surface area (Å²) >= 11 is 0.